The summed E-state index contributed by atoms with van der Waals surface area (Å²) in [5.41, 5.74) is 9.02. The molecular formula is C17H20N2O. The van der Waals surface area contributed by atoms with Crippen LogP contribution in [0.1, 0.15) is 17.5 Å². The number of carbonyl (C=O) groups excluding carboxylic acids is 1. The summed E-state index contributed by atoms with van der Waals surface area (Å²) in [6.45, 7) is 1.96. The Morgan fingerprint density at radius 2 is 1.75 bits per heavy atom. The molecule has 2 aromatic carbocycles. The van der Waals surface area contributed by atoms with E-state index in [1.54, 1.807) is 0 Å². The van der Waals surface area contributed by atoms with Crippen LogP contribution < -0.4 is 11.1 Å². The van der Waals surface area contributed by atoms with Crippen molar-refractivity contribution in [3.05, 3.63) is 65.7 Å². The normalized spacial score (nSPS) is 11.9. The van der Waals surface area contributed by atoms with Crippen molar-refractivity contribution >= 4 is 11.6 Å². The topological polar surface area (TPSA) is 55.1 Å². The number of hydrogen-bond acceptors (Lipinski definition) is 2. The van der Waals surface area contributed by atoms with E-state index in [0.29, 0.717) is 6.42 Å². The second-order valence-corrected chi connectivity index (χ2v) is 4.93. The minimum atomic E-state index is -0.491. The number of amides is 1. The molecule has 104 valence electrons. The van der Waals surface area contributed by atoms with Crippen LogP contribution in [-0.4, -0.2) is 11.9 Å². The molecule has 0 aliphatic carbocycles. The van der Waals surface area contributed by atoms with Crippen molar-refractivity contribution in [2.45, 2.75) is 25.8 Å². The summed E-state index contributed by atoms with van der Waals surface area (Å²) in [6.07, 6.45) is 1.45. The van der Waals surface area contributed by atoms with Crippen LogP contribution >= 0.6 is 0 Å². The number of nitrogens with two attached hydrogens (primary N) is 1. The molecule has 0 aromatic heterocycles. The lowest BCUT2D eigenvalue weighted by atomic mass is 10.1. The largest absolute Gasteiger partial charge is 0.324 e. The van der Waals surface area contributed by atoms with Crippen molar-refractivity contribution in [1.29, 1.82) is 0 Å². The van der Waals surface area contributed by atoms with Crippen molar-refractivity contribution in [2.75, 3.05) is 5.32 Å². The number of nitrogens with one attached hydrogen (secondary N) is 1. The maximum atomic E-state index is 12.0. The van der Waals surface area contributed by atoms with Gasteiger partial charge in [0.1, 0.15) is 0 Å². The third-order valence-electron chi connectivity index (χ3n) is 3.33. The number of rotatable bonds is 5. The van der Waals surface area contributed by atoms with Gasteiger partial charge in [-0.15, -0.1) is 0 Å². The molecule has 0 aliphatic rings. The van der Waals surface area contributed by atoms with E-state index in [-0.39, 0.29) is 5.91 Å². The molecule has 0 bridgehead atoms. The molecular weight excluding hydrogens is 248 g/mol. The molecule has 0 saturated carbocycles. The van der Waals surface area contributed by atoms with Crippen LogP contribution in [0.25, 0.3) is 0 Å². The second-order valence-electron chi connectivity index (χ2n) is 4.93. The van der Waals surface area contributed by atoms with E-state index in [1.165, 1.54) is 5.56 Å². The number of hydrogen-bond donors (Lipinski definition) is 2. The van der Waals surface area contributed by atoms with E-state index >= 15 is 0 Å². The molecule has 0 fully saturated rings. The van der Waals surface area contributed by atoms with Crippen molar-refractivity contribution in [3.63, 3.8) is 0 Å². The summed E-state index contributed by atoms with van der Waals surface area (Å²) in [7, 11) is 0. The number of para-hydroxylation sites is 1. The SMILES string of the molecule is Cc1ccccc1NC(=O)C(N)CCc1ccccc1. The van der Waals surface area contributed by atoms with Crippen molar-refractivity contribution in [3.8, 4) is 0 Å². The fourth-order valence-corrected chi connectivity index (χ4v) is 2.04. The van der Waals surface area contributed by atoms with Gasteiger partial charge in [0.25, 0.3) is 0 Å². The lowest BCUT2D eigenvalue weighted by molar-refractivity contribution is -0.117. The zero-order chi connectivity index (χ0) is 14.4. The Hall–Kier alpha value is -2.13. The Kier molecular flexibility index (Phi) is 4.91. The van der Waals surface area contributed by atoms with Gasteiger partial charge in [0.15, 0.2) is 0 Å². The van der Waals surface area contributed by atoms with Gasteiger partial charge in [0.05, 0.1) is 6.04 Å². The fraction of sp³-hybridized carbons (Fsp3) is 0.235. The molecule has 0 aliphatic heterocycles. The lowest BCUT2D eigenvalue weighted by Gasteiger charge is -2.13. The summed E-state index contributed by atoms with van der Waals surface area (Å²) >= 11 is 0. The van der Waals surface area contributed by atoms with E-state index in [4.69, 9.17) is 5.73 Å². The monoisotopic (exact) mass is 268 g/mol. The number of anilines is 1. The first-order valence-electron chi connectivity index (χ1n) is 6.83. The summed E-state index contributed by atoms with van der Waals surface area (Å²) in [5, 5.41) is 2.88. The van der Waals surface area contributed by atoms with Gasteiger partial charge < -0.3 is 11.1 Å². The van der Waals surface area contributed by atoms with Gasteiger partial charge in [0.2, 0.25) is 5.91 Å². The molecule has 3 N–H and O–H groups in total. The summed E-state index contributed by atoms with van der Waals surface area (Å²) < 4.78 is 0. The van der Waals surface area contributed by atoms with Gasteiger partial charge in [-0.25, -0.2) is 0 Å². The maximum Gasteiger partial charge on any atom is 0.241 e. The Morgan fingerprint density at radius 3 is 2.45 bits per heavy atom. The first kappa shape index (κ1) is 14.3. The summed E-state index contributed by atoms with van der Waals surface area (Å²) in [4.78, 5) is 12.0. The predicted octanol–water partition coefficient (Wildman–Crippen LogP) is 2.89. The van der Waals surface area contributed by atoms with Gasteiger partial charge in [-0.05, 0) is 37.0 Å². The van der Waals surface area contributed by atoms with E-state index in [9.17, 15) is 4.79 Å². The highest BCUT2D eigenvalue weighted by molar-refractivity contribution is 5.95. The van der Waals surface area contributed by atoms with Crippen molar-refractivity contribution < 1.29 is 4.79 Å². The smallest absolute Gasteiger partial charge is 0.241 e. The average Bonchev–Trinajstić information content (AvgIpc) is 2.48. The molecule has 2 aromatic rings. The van der Waals surface area contributed by atoms with Crippen molar-refractivity contribution in [2.24, 2.45) is 5.73 Å². The van der Waals surface area contributed by atoms with E-state index in [0.717, 1.165) is 17.7 Å². The Morgan fingerprint density at radius 1 is 1.10 bits per heavy atom. The molecule has 1 atom stereocenters. The second kappa shape index (κ2) is 6.87. The zero-order valence-electron chi connectivity index (χ0n) is 11.7. The first-order valence-corrected chi connectivity index (χ1v) is 6.83. The predicted molar refractivity (Wildman–Crippen MR) is 82.5 cm³/mol. The summed E-state index contributed by atoms with van der Waals surface area (Å²) in [6, 6.07) is 17.3. The molecule has 0 heterocycles. The highest BCUT2D eigenvalue weighted by Crippen LogP contribution is 2.14. The van der Waals surface area contributed by atoms with Crippen LogP contribution in [0.2, 0.25) is 0 Å². The molecule has 2 rings (SSSR count). The molecule has 3 nitrogen and oxygen atoms in total. The number of benzene rings is 2. The number of carbonyl (C=O) groups is 1. The Balaban J connectivity index is 1.88. The van der Waals surface area contributed by atoms with Crippen LogP contribution in [0.3, 0.4) is 0 Å². The lowest BCUT2D eigenvalue weighted by Crippen LogP contribution is -2.36. The first-order chi connectivity index (χ1) is 9.66. The minimum absolute atomic E-state index is 0.129. The van der Waals surface area contributed by atoms with Crippen LogP contribution in [-0.2, 0) is 11.2 Å². The minimum Gasteiger partial charge on any atom is -0.324 e. The van der Waals surface area contributed by atoms with Crippen molar-refractivity contribution in [1.82, 2.24) is 0 Å². The molecule has 20 heavy (non-hydrogen) atoms. The average molecular weight is 268 g/mol. The van der Waals surface area contributed by atoms with E-state index in [2.05, 4.69) is 5.32 Å². The molecule has 1 unspecified atom stereocenters. The van der Waals surface area contributed by atoms with Gasteiger partial charge >= 0.3 is 0 Å². The standard InChI is InChI=1S/C17H20N2O/c1-13-7-5-6-10-16(13)19-17(20)15(18)12-11-14-8-3-2-4-9-14/h2-10,15H,11-12,18H2,1H3,(H,19,20). The highest BCUT2D eigenvalue weighted by atomic mass is 16.2. The van der Waals surface area contributed by atoms with Gasteiger partial charge in [0, 0.05) is 5.69 Å². The van der Waals surface area contributed by atoms with Gasteiger partial charge in [-0.2, -0.15) is 0 Å². The molecule has 3 heteroatoms. The quantitative estimate of drug-likeness (QED) is 0.876. The van der Waals surface area contributed by atoms with Gasteiger partial charge in [-0.3, -0.25) is 4.79 Å². The van der Waals surface area contributed by atoms with Crippen LogP contribution in [0.4, 0.5) is 5.69 Å². The van der Waals surface area contributed by atoms with Crippen LogP contribution in [0.15, 0.2) is 54.6 Å². The van der Waals surface area contributed by atoms with Crippen LogP contribution in [0.5, 0.6) is 0 Å². The van der Waals surface area contributed by atoms with Crippen LogP contribution in [0, 0.1) is 6.92 Å². The molecule has 0 radical (unpaired) electrons. The highest BCUT2D eigenvalue weighted by Gasteiger charge is 2.14. The Labute approximate surface area is 119 Å². The third-order valence-corrected chi connectivity index (χ3v) is 3.33. The molecule has 0 saturated heterocycles. The van der Waals surface area contributed by atoms with Gasteiger partial charge in [-0.1, -0.05) is 48.5 Å². The maximum absolute atomic E-state index is 12.0. The number of aryl methyl sites for hydroxylation is 2. The fourth-order valence-electron chi connectivity index (χ4n) is 2.04. The Bertz CT molecular complexity index is 566. The van der Waals surface area contributed by atoms with E-state index < -0.39 is 6.04 Å². The third kappa shape index (κ3) is 3.93. The van der Waals surface area contributed by atoms with E-state index in [1.807, 2.05) is 61.5 Å². The zero-order valence-corrected chi connectivity index (χ0v) is 11.7. The summed E-state index contributed by atoms with van der Waals surface area (Å²) in [5.74, 6) is -0.129. The molecule has 1 amide bonds. The molecule has 0 spiro atoms.